The van der Waals surface area contributed by atoms with E-state index in [4.69, 9.17) is 0 Å². The third-order valence-corrected chi connectivity index (χ3v) is 3.39. The fourth-order valence-electron chi connectivity index (χ4n) is 2.17. The van der Waals surface area contributed by atoms with Gasteiger partial charge >= 0.3 is 0 Å². The van der Waals surface area contributed by atoms with Crippen molar-refractivity contribution in [1.29, 1.82) is 0 Å². The number of halogens is 1. The van der Waals surface area contributed by atoms with Gasteiger partial charge in [0.05, 0.1) is 0 Å². The van der Waals surface area contributed by atoms with Crippen molar-refractivity contribution in [2.75, 3.05) is 0 Å². The molecule has 2 aromatic carbocycles. The van der Waals surface area contributed by atoms with Gasteiger partial charge < -0.3 is 5.32 Å². The highest BCUT2D eigenvalue weighted by atomic mass is 19.1. The Morgan fingerprint density at radius 2 is 1.63 bits per heavy atom. The van der Waals surface area contributed by atoms with Crippen LogP contribution in [0.25, 0.3) is 0 Å². The summed E-state index contributed by atoms with van der Waals surface area (Å²) in [6.45, 7) is 4.83. The predicted molar refractivity (Wildman–Crippen MR) is 77.6 cm³/mol. The molecule has 0 aliphatic rings. The van der Waals surface area contributed by atoms with Crippen LogP contribution in [0.1, 0.15) is 23.6 Å². The number of nitrogens with one attached hydrogen (secondary N) is 1. The lowest BCUT2D eigenvalue weighted by Gasteiger charge is -2.15. The third-order valence-electron chi connectivity index (χ3n) is 3.39. The highest BCUT2D eigenvalue weighted by Crippen LogP contribution is 2.11. The zero-order chi connectivity index (χ0) is 13.7. The van der Waals surface area contributed by atoms with Crippen LogP contribution >= 0.6 is 0 Å². The van der Waals surface area contributed by atoms with Crippen LogP contribution in [0.5, 0.6) is 0 Å². The molecule has 2 rings (SSSR count). The Morgan fingerprint density at radius 1 is 1.00 bits per heavy atom. The van der Waals surface area contributed by atoms with Crippen LogP contribution in [0.3, 0.4) is 0 Å². The van der Waals surface area contributed by atoms with Crippen molar-refractivity contribution in [3.8, 4) is 0 Å². The zero-order valence-corrected chi connectivity index (χ0v) is 11.5. The van der Waals surface area contributed by atoms with Gasteiger partial charge in [-0.25, -0.2) is 4.39 Å². The lowest BCUT2D eigenvalue weighted by Crippen LogP contribution is -2.28. The standard InChI is InChI=1S/C17H20FN/c1-13-7-3-4-8-15(13)11-14(2)19-12-16-9-5-6-10-17(16)18/h3-10,14,19H,11-12H2,1-2H3. The molecule has 19 heavy (non-hydrogen) atoms. The summed E-state index contributed by atoms with van der Waals surface area (Å²) in [4.78, 5) is 0. The molecule has 0 aliphatic carbocycles. The van der Waals surface area contributed by atoms with Crippen molar-refractivity contribution in [2.24, 2.45) is 0 Å². The molecule has 0 spiro atoms. The molecule has 1 N–H and O–H groups in total. The summed E-state index contributed by atoms with van der Waals surface area (Å²) in [5, 5.41) is 3.38. The van der Waals surface area contributed by atoms with Gasteiger partial charge in [-0.3, -0.25) is 0 Å². The topological polar surface area (TPSA) is 12.0 Å². The van der Waals surface area contributed by atoms with Gasteiger partial charge in [0, 0.05) is 18.2 Å². The van der Waals surface area contributed by atoms with Gasteiger partial charge in [0.15, 0.2) is 0 Å². The normalized spacial score (nSPS) is 12.4. The quantitative estimate of drug-likeness (QED) is 0.857. The van der Waals surface area contributed by atoms with Crippen molar-refractivity contribution >= 4 is 0 Å². The van der Waals surface area contributed by atoms with Gasteiger partial charge in [0.25, 0.3) is 0 Å². The molecule has 0 aliphatic heterocycles. The molecular weight excluding hydrogens is 237 g/mol. The summed E-state index contributed by atoms with van der Waals surface area (Å²) in [7, 11) is 0. The fourth-order valence-corrected chi connectivity index (χ4v) is 2.17. The maximum Gasteiger partial charge on any atom is 0.127 e. The van der Waals surface area contributed by atoms with E-state index in [1.165, 1.54) is 17.2 Å². The Balaban J connectivity index is 1.90. The molecular formula is C17H20FN. The largest absolute Gasteiger partial charge is 0.310 e. The first kappa shape index (κ1) is 13.8. The monoisotopic (exact) mass is 257 g/mol. The predicted octanol–water partition coefficient (Wildman–Crippen LogP) is 3.85. The molecule has 0 heterocycles. The minimum absolute atomic E-state index is 0.141. The summed E-state index contributed by atoms with van der Waals surface area (Å²) in [6.07, 6.45) is 0.959. The van der Waals surface area contributed by atoms with Crippen molar-refractivity contribution in [1.82, 2.24) is 5.32 Å². The van der Waals surface area contributed by atoms with E-state index in [-0.39, 0.29) is 5.82 Å². The van der Waals surface area contributed by atoms with E-state index < -0.39 is 0 Å². The second kappa shape index (κ2) is 6.48. The number of aryl methyl sites for hydroxylation is 1. The highest BCUT2D eigenvalue weighted by molar-refractivity contribution is 5.26. The minimum atomic E-state index is -0.141. The smallest absolute Gasteiger partial charge is 0.127 e. The Morgan fingerprint density at radius 3 is 2.32 bits per heavy atom. The van der Waals surface area contributed by atoms with Crippen LogP contribution in [0, 0.1) is 12.7 Å². The number of rotatable bonds is 5. The van der Waals surface area contributed by atoms with Gasteiger partial charge in [-0.15, -0.1) is 0 Å². The molecule has 100 valence electrons. The number of benzene rings is 2. The van der Waals surface area contributed by atoms with Crippen molar-refractivity contribution in [3.05, 3.63) is 71.0 Å². The fraction of sp³-hybridized carbons (Fsp3) is 0.294. The average Bonchev–Trinajstić information content (AvgIpc) is 2.40. The van der Waals surface area contributed by atoms with Gasteiger partial charge in [0.2, 0.25) is 0 Å². The van der Waals surface area contributed by atoms with Crippen LogP contribution in [0.2, 0.25) is 0 Å². The maximum absolute atomic E-state index is 13.5. The van der Waals surface area contributed by atoms with E-state index >= 15 is 0 Å². The molecule has 0 saturated carbocycles. The van der Waals surface area contributed by atoms with Gasteiger partial charge in [-0.1, -0.05) is 42.5 Å². The molecule has 0 aromatic heterocycles. The highest BCUT2D eigenvalue weighted by Gasteiger charge is 2.06. The Kier molecular flexibility index (Phi) is 4.69. The molecule has 0 bridgehead atoms. The zero-order valence-electron chi connectivity index (χ0n) is 11.5. The van der Waals surface area contributed by atoms with E-state index in [0.717, 1.165) is 12.0 Å². The summed E-state index contributed by atoms with van der Waals surface area (Å²) in [6, 6.07) is 15.6. The van der Waals surface area contributed by atoms with Crippen LogP contribution in [0.4, 0.5) is 4.39 Å². The average molecular weight is 257 g/mol. The first-order chi connectivity index (χ1) is 9.16. The Bertz CT molecular complexity index is 536. The summed E-state index contributed by atoms with van der Waals surface area (Å²) in [5.41, 5.74) is 3.37. The molecule has 0 fully saturated rings. The first-order valence-electron chi connectivity index (χ1n) is 6.68. The van der Waals surface area contributed by atoms with Crippen LogP contribution < -0.4 is 5.32 Å². The Hall–Kier alpha value is -1.67. The van der Waals surface area contributed by atoms with E-state index in [9.17, 15) is 4.39 Å². The molecule has 2 heteroatoms. The molecule has 2 aromatic rings. The maximum atomic E-state index is 13.5. The van der Waals surface area contributed by atoms with Gasteiger partial charge in [-0.2, -0.15) is 0 Å². The molecule has 1 nitrogen and oxygen atoms in total. The molecule has 0 radical (unpaired) electrons. The second-order valence-corrected chi connectivity index (χ2v) is 5.00. The first-order valence-corrected chi connectivity index (χ1v) is 6.68. The number of hydrogen-bond donors (Lipinski definition) is 1. The van der Waals surface area contributed by atoms with E-state index in [2.05, 4.69) is 43.4 Å². The minimum Gasteiger partial charge on any atom is -0.310 e. The molecule has 0 amide bonds. The van der Waals surface area contributed by atoms with E-state index in [0.29, 0.717) is 12.6 Å². The van der Waals surface area contributed by atoms with Crippen molar-refractivity contribution < 1.29 is 4.39 Å². The van der Waals surface area contributed by atoms with E-state index in [1.54, 1.807) is 6.07 Å². The number of hydrogen-bond acceptors (Lipinski definition) is 1. The molecule has 1 atom stereocenters. The van der Waals surface area contributed by atoms with Crippen LogP contribution in [-0.2, 0) is 13.0 Å². The summed E-state index contributed by atoms with van der Waals surface area (Å²) >= 11 is 0. The second-order valence-electron chi connectivity index (χ2n) is 5.00. The lowest BCUT2D eigenvalue weighted by atomic mass is 10.0. The molecule has 0 saturated heterocycles. The van der Waals surface area contributed by atoms with Gasteiger partial charge in [-0.05, 0) is 37.5 Å². The summed E-state index contributed by atoms with van der Waals surface area (Å²) in [5.74, 6) is -0.141. The van der Waals surface area contributed by atoms with Crippen molar-refractivity contribution in [2.45, 2.75) is 32.9 Å². The van der Waals surface area contributed by atoms with Crippen molar-refractivity contribution in [3.63, 3.8) is 0 Å². The van der Waals surface area contributed by atoms with Crippen LogP contribution in [-0.4, -0.2) is 6.04 Å². The van der Waals surface area contributed by atoms with Crippen LogP contribution in [0.15, 0.2) is 48.5 Å². The SMILES string of the molecule is Cc1ccccc1CC(C)NCc1ccccc1F. The lowest BCUT2D eigenvalue weighted by molar-refractivity contribution is 0.525. The van der Waals surface area contributed by atoms with E-state index in [1.807, 2.05) is 12.1 Å². The van der Waals surface area contributed by atoms with Gasteiger partial charge in [0.1, 0.15) is 5.82 Å². The molecule has 1 unspecified atom stereocenters. The Labute approximate surface area is 114 Å². The summed E-state index contributed by atoms with van der Waals surface area (Å²) < 4.78 is 13.5. The third kappa shape index (κ3) is 3.90.